The zero-order valence-electron chi connectivity index (χ0n) is 30.5. The molecule has 4 heterocycles. The van der Waals surface area contributed by atoms with Crippen LogP contribution < -0.4 is 15.6 Å². The Morgan fingerprint density at radius 3 is 2.46 bits per heavy atom. The van der Waals surface area contributed by atoms with Gasteiger partial charge in [0.25, 0.3) is 0 Å². The number of aliphatic hydroxyl groups is 2. The first-order chi connectivity index (χ1) is 25.2. The molecule has 4 atom stereocenters. The number of aromatic amines is 1. The highest BCUT2D eigenvalue weighted by atomic mass is 16.5. The lowest BCUT2D eigenvalue weighted by Crippen LogP contribution is -2.65. The Bertz CT molecular complexity index is 1820. The average molecular weight is 711 g/mol. The molecule has 3 aliphatic heterocycles. The van der Waals surface area contributed by atoms with Crippen molar-refractivity contribution in [1.29, 1.82) is 0 Å². The van der Waals surface area contributed by atoms with E-state index < -0.39 is 11.7 Å². The first-order valence-electron chi connectivity index (χ1n) is 19.4. The lowest BCUT2D eigenvalue weighted by molar-refractivity contribution is -0.946. The van der Waals surface area contributed by atoms with Crippen molar-refractivity contribution in [2.45, 2.75) is 82.1 Å². The van der Waals surface area contributed by atoms with Crippen molar-refractivity contribution in [2.24, 2.45) is 11.8 Å². The largest absolute Gasteiger partial charge is 0.506 e. The van der Waals surface area contributed by atoms with Gasteiger partial charge < -0.3 is 39.6 Å². The van der Waals surface area contributed by atoms with Crippen molar-refractivity contribution in [1.82, 2.24) is 10.3 Å². The summed E-state index contributed by atoms with van der Waals surface area (Å²) in [6.07, 6.45) is 8.10. The summed E-state index contributed by atoms with van der Waals surface area (Å²) < 4.78 is 14.0. The third-order valence-corrected chi connectivity index (χ3v) is 12.3. The number of quaternary nitrogens is 1. The van der Waals surface area contributed by atoms with Crippen LogP contribution in [0.5, 0.6) is 11.5 Å². The van der Waals surface area contributed by atoms with Gasteiger partial charge in [-0.05, 0) is 73.1 Å². The Balaban J connectivity index is 0.852. The van der Waals surface area contributed by atoms with Crippen LogP contribution in [-0.4, -0.2) is 82.9 Å². The van der Waals surface area contributed by atoms with E-state index in [1.807, 2.05) is 30.3 Å². The van der Waals surface area contributed by atoms with Crippen molar-refractivity contribution in [3.05, 3.63) is 106 Å². The maximum Gasteiger partial charge on any atom is 0.248 e. The lowest BCUT2D eigenvalue weighted by Gasteiger charge is -2.53. The summed E-state index contributed by atoms with van der Waals surface area (Å²) in [5, 5.41) is 37.2. The number of phenols is 1. The molecule has 5 N–H and O–H groups in total. The fourth-order valence-electron chi connectivity index (χ4n) is 9.24. The SMILES string of the molecule is CC(Cc1ccc(OCCC[N+]23CCC(CC2)[C@@H](OCC(O)(c2ccccc2)C2CCCC2)C3)cc1)NC[C@H](O)c1ccc(O)c2[nH]c(=O)ccc12. The second kappa shape index (κ2) is 16.1. The molecule has 3 aromatic carbocycles. The molecule has 1 saturated carbocycles. The Morgan fingerprint density at radius 1 is 0.962 bits per heavy atom. The van der Waals surface area contributed by atoms with E-state index in [9.17, 15) is 20.1 Å². The number of hydrogen-bond donors (Lipinski definition) is 5. The smallest absolute Gasteiger partial charge is 0.248 e. The summed E-state index contributed by atoms with van der Waals surface area (Å²) in [6.45, 7) is 8.04. The summed E-state index contributed by atoms with van der Waals surface area (Å²) in [6, 6.07) is 24.9. The van der Waals surface area contributed by atoms with Crippen LogP contribution in [0.3, 0.4) is 0 Å². The summed E-state index contributed by atoms with van der Waals surface area (Å²) in [5.74, 6) is 1.71. The van der Waals surface area contributed by atoms with Gasteiger partial charge in [-0.25, -0.2) is 0 Å². The summed E-state index contributed by atoms with van der Waals surface area (Å²) in [7, 11) is 0. The minimum Gasteiger partial charge on any atom is -0.506 e. The van der Waals surface area contributed by atoms with Crippen LogP contribution in [0, 0.1) is 11.8 Å². The van der Waals surface area contributed by atoms with Gasteiger partial charge in [-0.2, -0.15) is 0 Å². The second-order valence-corrected chi connectivity index (χ2v) is 15.8. The zero-order valence-corrected chi connectivity index (χ0v) is 30.5. The zero-order chi connectivity index (χ0) is 36.1. The van der Waals surface area contributed by atoms with E-state index in [1.54, 1.807) is 12.1 Å². The molecule has 2 unspecified atom stereocenters. The number of nitrogens with zero attached hydrogens (tertiary/aromatic N) is 1. The highest BCUT2D eigenvalue weighted by Gasteiger charge is 2.48. The maximum absolute atomic E-state index is 12.0. The molecule has 1 aromatic heterocycles. The topological polar surface area (TPSA) is 124 Å². The van der Waals surface area contributed by atoms with Gasteiger partial charge in [-0.1, -0.05) is 61.4 Å². The molecular formula is C43H56N3O6+. The number of H-pyrrole nitrogens is 1. The highest BCUT2D eigenvalue weighted by molar-refractivity contribution is 5.87. The molecule has 52 heavy (non-hydrogen) atoms. The number of nitrogens with one attached hydrogen (secondary N) is 2. The maximum atomic E-state index is 12.0. The lowest BCUT2D eigenvalue weighted by atomic mass is 9.80. The van der Waals surface area contributed by atoms with Crippen molar-refractivity contribution in [3.63, 3.8) is 0 Å². The minimum absolute atomic E-state index is 0.0180. The first-order valence-corrected chi connectivity index (χ1v) is 19.4. The van der Waals surface area contributed by atoms with Crippen LogP contribution in [0.4, 0.5) is 0 Å². The van der Waals surface area contributed by atoms with E-state index in [4.69, 9.17) is 9.47 Å². The van der Waals surface area contributed by atoms with Crippen molar-refractivity contribution < 1.29 is 29.3 Å². The summed E-state index contributed by atoms with van der Waals surface area (Å²) in [4.78, 5) is 14.4. The Hall–Kier alpha value is -3.73. The molecule has 1 aliphatic carbocycles. The number of fused-ring (bicyclic) bond motifs is 4. The van der Waals surface area contributed by atoms with Gasteiger partial charge in [0, 0.05) is 49.2 Å². The molecule has 9 heteroatoms. The molecule has 0 spiro atoms. The minimum atomic E-state index is -0.913. The van der Waals surface area contributed by atoms with E-state index in [-0.39, 0.29) is 29.4 Å². The number of aromatic hydroxyl groups is 1. The van der Waals surface area contributed by atoms with E-state index in [1.165, 1.54) is 56.5 Å². The van der Waals surface area contributed by atoms with Crippen LogP contribution in [0.1, 0.15) is 74.7 Å². The van der Waals surface area contributed by atoms with Gasteiger partial charge in [-0.3, -0.25) is 4.79 Å². The number of rotatable bonds is 16. The van der Waals surface area contributed by atoms with Gasteiger partial charge in [0.1, 0.15) is 29.7 Å². The number of aromatic nitrogens is 1. The summed E-state index contributed by atoms with van der Waals surface area (Å²) >= 11 is 0. The standard InChI is InChI=1S/C43H55N3O6/c1-30(44-27-39(48)36-16-18-38(47)42-37(36)17-19-41(49)45-42)26-31-12-14-35(15-13-31)51-25-7-22-46-23-20-32(21-24-46)40(28-46)52-29-43(50,34-10-5-6-11-34)33-8-3-2-4-9-33/h2-4,8-9,12-19,30,32,34,39-40,44,48,50H,5-7,10-11,20-29H2,1H3,(H-,45,47,49)/p+1/t30?,32?,39-,40-,43?,46?/m0/s1. The Morgan fingerprint density at radius 2 is 1.71 bits per heavy atom. The Kier molecular flexibility index (Phi) is 11.3. The number of aliphatic hydroxyl groups excluding tert-OH is 1. The van der Waals surface area contributed by atoms with Crippen LogP contribution >= 0.6 is 0 Å². The first kappa shape index (κ1) is 36.6. The third kappa shape index (κ3) is 8.24. The predicted octanol–water partition coefficient (Wildman–Crippen LogP) is 5.96. The number of piperidine rings is 3. The van der Waals surface area contributed by atoms with Crippen LogP contribution in [0.25, 0.3) is 10.9 Å². The fraction of sp³-hybridized carbons (Fsp3) is 0.512. The quantitative estimate of drug-likeness (QED) is 0.0719. The van der Waals surface area contributed by atoms with Gasteiger partial charge in [0.15, 0.2) is 0 Å². The molecule has 0 radical (unpaired) electrons. The molecule has 4 aromatic rings. The third-order valence-electron chi connectivity index (χ3n) is 12.3. The van der Waals surface area contributed by atoms with E-state index in [0.717, 1.165) is 54.6 Å². The van der Waals surface area contributed by atoms with Crippen LogP contribution in [0.2, 0.25) is 0 Å². The molecule has 4 aliphatic rings. The van der Waals surface area contributed by atoms with Crippen molar-refractivity contribution >= 4 is 10.9 Å². The number of benzene rings is 3. The van der Waals surface area contributed by atoms with Crippen molar-refractivity contribution in [3.8, 4) is 11.5 Å². The number of hydrogen-bond acceptors (Lipinski definition) is 7. The molecule has 4 fully saturated rings. The van der Waals surface area contributed by atoms with Gasteiger partial charge in [0.2, 0.25) is 5.56 Å². The van der Waals surface area contributed by atoms with Gasteiger partial charge in [-0.15, -0.1) is 0 Å². The van der Waals surface area contributed by atoms with Crippen LogP contribution in [-0.2, 0) is 16.8 Å². The van der Waals surface area contributed by atoms with Gasteiger partial charge in [0.05, 0.1) is 44.5 Å². The summed E-state index contributed by atoms with van der Waals surface area (Å²) in [5.41, 5.74) is 1.96. The molecular weight excluding hydrogens is 654 g/mol. The number of pyridine rings is 1. The highest BCUT2D eigenvalue weighted by Crippen LogP contribution is 2.43. The average Bonchev–Trinajstić information content (AvgIpc) is 3.73. The molecule has 2 bridgehead atoms. The molecule has 3 saturated heterocycles. The van der Waals surface area contributed by atoms with E-state index in [2.05, 4.69) is 41.5 Å². The van der Waals surface area contributed by atoms with E-state index >= 15 is 0 Å². The van der Waals surface area contributed by atoms with Crippen molar-refractivity contribution in [2.75, 3.05) is 45.9 Å². The van der Waals surface area contributed by atoms with Gasteiger partial charge >= 0.3 is 0 Å². The molecule has 0 amide bonds. The normalized spacial score (nSPS) is 24.1. The number of phenolic OH excluding ortho intramolecular Hbond substituents is 1. The molecule has 278 valence electrons. The monoisotopic (exact) mass is 710 g/mol. The number of ether oxygens (including phenoxy) is 2. The molecule has 9 nitrogen and oxygen atoms in total. The molecule has 8 rings (SSSR count). The van der Waals surface area contributed by atoms with Crippen LogP contribution in [0.15, 0.2) is 83.7 Å². The van der Waals surface area contributed by atoms with E-state index in [0.29, 0.717) is 42.1 Å². The second-order valence-electron chi connectivity index (χ2n) is 15.8. The predicted molar refractivity (Wildman–Crippen MR) is 203 cm³/mol. The fourth-order valence-corrected chi connectivity index (χ4v) is 9.24. The Labute approximate surface area is 307 Å².